The fourth-order valence-electron chi connectivity index (χ4n) is 2.81. The van der Waals surface area contributed by atoms with Crippen molar-refractivity contribution in [2.45, 2.75) is 17.7 Å². The van der Waals surface area contributed by atoms with Crippen molar-refractivity contribution in [3.05, 3.63) is 46.7 Å². The fraction of sp³-hybridized carbons (Fsp3) is 0.353. The van der Waals surface area contributed by atoms with Crippen LogP contribution >= 0.6 is 11.3 Å². The summed E-state index contributed by atoms with van der Waals surface area (Å²) in [5.74, 6) is -0.552. The van der Waals surface area contributed by atoms with Crippen molar-refractivity contribution < 1.29 is 31.1 Å². The molecule has 1 aliphatic rings. The number of amides is 1. The predicted molar refractivity (Wildman–Crippen MR) is 96.5 cm³/mol. The molecule has 0 bridgehead atoms. The lowest BCUT2D eigenvalue weighted by Crippen LogP contribution is -2.50. The van der Waals surface area contributed by atoms with Gasteiger partial charge in [-0.25, -0.2) is 8.42 Å². The summed E-state index contributed by atoms with van der Waals surface area (Å²) in [4.78, 5) is 14.7. The molecule has 6 nitrogen and oxygen atoms in total. The van der Waals surface area contributed by atoms with Gasteiger partial charge in [0.2, 0.25) is 15.9 Å². The fourth-order valence-corrected chi connectivity index (χ4v) is 4.93. The van der Waals surface area contributed by atoms with Gasteiger partial charge in [0.05, 0.1) is 11.3 Å². The summed E-state index contributed by atoms with van der Waals surface area (Å²) in [6, 6.07) is 7.80. The number of hydrogen-bond acceptors (Lipinski definition) is 5. The molecule has 0 unspecified atom stereocenters. The molecule has 2 aromatic rings. The summed E-state index contributed by atoms with van der Waals surface area (Å²) < 4.78 is 66.9. The highest BCUT2D eigenvalue weighted by atomic mass is 32.2. The van der Waals surface area contributed by atoms with Crippen molar-refractivity contribution >= 4 is 27.3 Å². The molecule has 3 rings (SSSR count). The molecule has 0 aliphatic carbocycles. The molecule has 1 aliphatic heterocycles. The Morgan fingerprint density at radius 3 is 2.25 bits per heavy atom. The van der Waals surface area contributed by atoms with Crippen molar-refractivity contribution in [1.82, 2.24) is 9.21 Å². The Hall–Kier alpha value is -2.11. The molecule has 1 fully saturated rings. The lowest BCUT2D eigenvalue weighted by atomic mass is 10.3. The molecule has 2 heterocycles. The van der Waals surface area contributed by atoms with Gasteiger partial charge in [-0.1, -0.05) is 6.07 Å². The van der Waals surface area contributed by atoms with Crippen LogP contribution in [0.1, 0.15) is 4.88 Å². The Balaban J connectivity index is 1.60. The molecule has 0 atom stereocenters. The zero-order valence-electron chi connectivity index (χ0n) is 14.6. The van der Waals surface area contributed by atoms with Crippen LogP contribution in [0.2, 0.25) is 0 Å². The standard InChI is InChI=1S/C17H17F3N2O4S2/c18-17(19,20)26-13-3-5-15(6-4-13)28(24,25)22-9-7-21(8-10-22)16(23)12-14-2-1-11-27-14/h1-6,11H,7-10,12H2. The first kappa shape index (κ1) is 20.6. The average Bonchev–Trinajstić information content (AvgIpc) is 3.14. The molecule has 1 aromatic carbocycles. The first-order valence-corrected chi connectivity index (χ1v) is 10.6. The van der Waals surface area contributed by atoms with Gasteiger partial charge in [-0.05, 0) is 35.7 Å². The third kappa shape index (κ3) is 5.03. The van der Waals surface area contributed by atoms with E-state index in [0.29, 0.717) is 0 Å². The molecule has 152 valence electrons. The lowest BCUT2D eigenvalue weighted by Gasteiger charge is -2.34. The van der Waals surface area contributed by atoms with Crippen LogP contribution in [0.5, 0.6) is 5.75 Å². The van der Waals surface area contributed by atoms with E-state index in [4.69, 9.17) is 0 Å². The van der Waals surface area contributed by atoms with Crippen LogP contribution in [0.15, 0.2) is 46.7 Å². The first-order chi connectivity index (χ1) is 13.1. The summed E-state index contributed by atoms with van der Waals surface area (Å²) in [7, 11) is -3.86. The van der Waals surface area contributed by atoms with E-state index in [1.807, 2.05) is 17.5 Å². The number of thiophene rings is 1. The maximum atomic E-state index is 12.7. The van der Waals surface area contributed by atoms with E-state index in [2.05, 4.69) is 4.74 Å². The minimum absolute atomic E-state index is 0.0619. The molecular formula is C17H17F3N2O4S2. The predicted octanol–water partition coefficient (Wildman–Crippen LogP) is 2.72. The molecule has 1 saturated heterocycles. The molecule has 1 amide bonds. The van der Waals surface area contributed by atoms with Crippen LogP contribution in [0.3, 0.4) is 0 Å². The Bertz CT molecular complexity index is 905. The smallest absolute Gasteiger partial charge is 0.406 e. The summed E-state index contributed by atoms with van der Waals surface area (Å²) in [5, 5.41) is 1.89. The number of hydrogen-bond donors (Lipinski definition) is 0. The number of alkyl halides is 3. The van der Waals surface area contributed by atoms with E-state index in [9.17, 15) is 26.4 Å². The second-order valence-corrected chi connectivity index (χ2v) is 9.03. The summed E-state index contributed by atoms with van der Waals surface area (Å²) in [6.45, 7) is 0.774. The van der Waals surface area contributed by atoms with Gasteiger partial charge in [-0.2, -0.15) is 4.31 Å². The molecule has 0 spiro atoms. The third-order valence-electron chi connectivity index (χ3n) is 4.19. The third-order valence-corrected chi connectivity index (χ3v) is 6.98. The molecule has 0 radical (unpaired) electrons. The monoisotopic (exact) mass is 434 g/mol. The van der Waals surface area contributed by atoms with Crippen molar-refractivity contribution in [2.75, 3.05) is 26.2 Å². The normalized spacial score (nSPS) is 16.2. The maximum Gasteiger partial charge on any atom is 0.573 e. The second kappa shape index (κ2) is 8.10. The van der Waals surface area contributed by atoms with Crippen LogP contribution in [0, 0.1) is 0 Å². The average molecular weight is 434 g/mol. The van der Waals surface area contributed by atoms with Gasteiger partial charge >= 0.3 is 6.36 Å². The summed E-state index contributed by atoms with van der Waals surface area (Å²) in [5.41, 5.74) is 0. The largest absolute Gasteiger partial charge is 0.573 e. The van der Waals surface area contributed by atoms with Gasteiger partial charge in [-0.15, -0.1) is 24.5 Å². The van der Waals surface area contributed by atoms with E-state index < -0.39 is 22.1 Å². The highest BCUT2D eigenvalue weighted by Gasteiger charge is 2.32. The Kier molecular flexibility index (Phi) is 5.96. The number of carbonyl (C=O) groups excluding carboxylic acids is 1. The van der Waals surface area contributed by atoms with Crippen LogP contribution in [-0.4, -0.2) is 56.1 Å². The van der Waals surface area contributed by atoms with Crippen molar-refractivity contribution in [1.29, 1.82) is 0 Å². The number of sulfonamides is 1. The number of halogens is 3. The highest BCUT2D eigenvalue weighted by molar-refractivity contribution is 7.89. The number of benzene rings is 1. The van der Waals surface area contributed by atoms with Crippen molar-refractivity contribution in [3.8, 4) is 5.75 Å². The second-order valence-electron chi connectivity index (χ2n) is 6.06. The minimum Gasteiger partial charge on any atom is -0.406 e. The van der Waals surface area contributed by atoms with Gasteiger partial charge < -0.3 is 9.64 Å². The van der Waals surface area contributed by atoms with Crippen LogP contribution < -0.4 is 4.74 Å². The number of carbonyl (C=O) groups is 1. The Morgan fingerprint density at radius 2 is 1.71 bits per heavy atom. The zero-order valence-corrected chi connectivity index (χ0v) is 16.2. The van der Waals surface area contributed by atoms with E-state index >= 15 is 0 Å². The molecule has 0 saturated carbocycles. The van der Waals surface area contributed by atoms with Gasteiger partial charge in [0.1, 0.15) is 5.75 Å². The summed E-state index contributed by atoms with van der Waals surface area (Å²) in [6.07, 6.45) is -4.56. The van der Waals surface area contributed by atoms with E-state index in [0.717, 1.165) is 29.1 Å². The number of piperazine rings is 1. The number of nitrogens with zero attached hydrogens (tertiary/aromatic N) is 2. The number of ether oxygens (including phenoxy) is 1. The quantitative estimate of drug-likeness (QED) is 0.726. The SMILES string of the molecule is O=C(Cc1cccs1)N1CCN(S(=O)(=O)c2ccc(OC(F)(F)F)cc2)CC1. The Labute approximate surface area is 164 Å². The van der Waals surface area contributed by atoms with Crippen molar-refractivity contribution in [2.24, 2.45) is 0 Å². The van der Waals surface area contributed by atoms with Crippen molar-refractivity contribution in [3.63, 3.8) is 0 Å². The van der Waals surface area contributed by atoms with E-state index in [-0.39, 0.29) is 43.4 Å². The molecule has 0 N–H and O–H groups in total. The Morgan fingerprint density at radius 1 is 1.07 bits per heavy atom. The lowest BCUT2D eigenvalue weighted by molar-refractivity contribution is -0.274. The van der Waals surface area contributed by atoms with Crippen LogP contribution in [0.25, 0.3) is 0 Å². The molecule has 1 aromatic heterocycles. The van der Waals surface area contributed by atoms with E-state index in [1.165, 1.54) is 15.6 Å². The minimum atomic E-state index is -4.84. The van der Waals surface area contributed by atoms with Crippen LogP contribution in [0.4, 0.5) is 13.2 Å². The summed E-state index contributed by atoms with van der Waals surface area (Å²) >= 11 is 1.49. The highest BCUT2D eigenvalue weighted by Crippen LogP contribution is 2.25. The number of rotatable bonds is 5. The van der Waals surface area contributed by atoms with Crippen LogP contribution in [-0.2, 0) is 21.2 Å². The molecular weight excluding hydrogens is 417 g/mol. The topological polar surface area (TPSA) is 66.9 Å². The zero-order chi connectivity index (χ0) is 20.4. The van der Waals surface area contributed by atoms with Gasteiger partial charge in [-0.3, -0.25) is 4.79 Å². The maximum absolute atomic E-state index is 12.7. The van der Waals surface area contributed by atoms with Gasteiger partial charge in [0.15, 0.2) is 0 Å². The molecule has 28 heavy (non-hydrogen) atoms. The van der Waals surface area contributed by atoms with Gasteiger partial charge in [0.25, 0.3) is 0 Å². The van der Waals surface area contributed by atoms with Gasteiger partial charge in [0, 0.05) is 31.1 Å². The van der Waals surface area contributed by atoms with E-state index in [1.54, 1.807) is 4.90 Å². The first-order valence-electron chi connectivity index (χ1n) is 8.31. The molecule has 11 heteroatoms.